The molecule has 0 aliphatic heterocycles. The molecule has 0 saturated heterocycles. The molecule has 0 aromatic carbocycles. The first-order valence-electron chi connectivity index (χ1n) is 3.93. The molecule has 0 bridgehead atoms. The smallest absolute Gasteiger partial charge is 0.0628 e. The Balaban J connectivity index is 2.80. The van der Waals surface area contributed by atoms with Gasteiger partial charge >= 0.3 is 0 Å². The van der Waals surface area contributed by atoms with E-state index in [9.17, 15) is 0 Å². The molecule has 0 fully saturated rings. The highest BCUT2D eigenvalue weighted by atomic mass is 16.3. The van der Waals surface area contributed by atoms with Crippen molar-refractivity contribution in [1.29, 1.82) is 0 Å². The summed E-state index contributed by atoms with van der Waals surface area (Å²) in [6.45, 7) is 0.136. The first-order chi connectivity index (χ1) is 5.75. The van der Waals surface area contributed by atoms with Crippen LogP contribution in [0, 0.1) is 0 Å². The molecule has 1 heterocycles. The van der Waals surface area contributed by atoms with Crippen LogP contribution in [0.3, 0.4) is 0 Å². The Morgan fingerprint density at radius 3 is 2.42 bits per heavy atom. The summed E-state index contributed by atoms with van der Waals surface area (Å²) < 4.78 is 0. The van der Waals surface area contributed by atoms with Crippen molar-refractivity contribution < 1.29 is 5.11 Å². The molecule has 1 rings (SSSR count). The molecule has 0 radical (unpaired) electrons. The number of likely N-dealkylation sites (N-methyl/N-ethyl adjacent to an activating group) is 1. The standard InChI is InChI=1S/C9H14N2O/c1-11(2)9(7-12)8-3-5-10-6-4-8/h3-6,9,12H,7H2,1-2H3/t9-/m0/s1. The van der Waals surface area contributed by atoms with Gasteiger partial charge in [0.25, 0.3) is 0 Å². The van der Waals surface area contributed by atoms with Crippen molar-refractivity contribution in [2.75, 3.05) is 20.7 Å². The molecule has 0 unspecified atom stereocenters. The van der Waals surface area contributed by atoms with Crippen LogP contribution in [0.25, 0.3) is 0 Å². The van der Waals surface area contributed by atoms with Gasteiger partial charge in [0.15, 0.2) is 0 Å². The number of hydrogen-bond acceptors (Lipinski definition) is 3. The molecule has 3 nitrogen and oxygen atoms in total. The predicted octanol–water partition coefficient (Wildman–Crippen LogP) is 0.677. The second-order valence-corrected chi connectivity index (χ2v) is 2.94. The number of hydrogen-bond donors (Lipinski definition) is 1. The average Bonchev–Trinajstić information content (AvgIpc) is 2.07. The van der Waals surface area contributed by atoms with Gasteiger partial charge in [-0.25, -0.2) is 0 Å². The van der Waals surface area contributed by atoms with Crippen molar-refractivity contribution in [1.82, 2.24) is 9.88 Å². The maximum atomic E-state index is 9.09. The van der Waals surface area contributed by atoms with E-state index in [2.05, 4.69) is 4.98 Å². The fourth-order valence-corrected chi connectivity index (χ4v) is 1.15. The quantitative estimate of drug-likeness (QED) is 0.717. The van der Waals surface area contributed by atoms with E-state index in [4.69, 9.17) is 5.11 Å². The summed E-state index contributed by atoms with van der Waals surface area (Å²) >= 11 is 0. The van der Waals surface area contributed by atoms with Gasteiger partial charge in [0.2, 0.25) is 0 Å². The second kappa shape index (κ2) is 4.18. The van der Waals surface area contributed by atoms with Gasteiger partial charge in [-0.1, -0.05) is 0 Å². The van der Waals surface area contributed by atoms with E-state index in [1.54, 1.807) is 12.4 Å². The molecule has 0 amide bonds. The average molecular weight is 166 g/mol. The highest BCUT2D eigenvalue weighted by Gasteiger charge is 2.11. The molecule has 1 N–H and O–H groups in total. The number of aromatic nitrogens is 1. The van der Waals surface area contributed by atoms with Crippen molar-refractivity contribution in [3.05, 3.63) is 30.1 Å². The molecule has 0 saturated carbocycles. The number of nitrogens with zero attached hydrogens (tertiary/aromatic N) is 2. The van der Waals surface area contributed by atoms with Gasteiger partial charge in [-0.2, -0.15) is 0 Å². The normalized spacial score (nSPS) is 13.3. The van der Waals surface area contributed by atoms with Gasteiger partial charge in [0.05, 0.1) is 12.6 Å². The fourth-order valence-electron chi connectivity index (χ4n) is 1.15. The summed E-state index contributed by atoms with van der Waals surface area (Å²) in [4.78, 5) is 5.90. The highest BCUT2D eigenvalue weighted by Crippen LogP contribution is 2.15. The van der Waals surface area contributed by atoms with E-state index in [0.717, 1.165) is 5.56 Å². The molecule has 1 aromatic heterocycles. The summed E-state index contributed by atoms with van der Waals surface area (Å²) in [6, 6.07) is 3.91. The molecule has 0 spiro atoms. The molecular weight excluding hydrogens is 152 g/mol. The van der Waals surface area contributed by atoms with Crippen LogP contribution in [0.2, 0.25) is 0 Å². The molecule has 66 valence electrons. The summed E-state index contributed by atoms with van der Waals surface area (Å²) in [7, 11) is 3.89. The van der Waals surface area contributed by atoms with Crippen molar-refractivity contribution in [2.24, 2.45) is 0 Å². The van der Waals surface area contributed by atoms with E-state index < -0.39 is 0 Å². The van der Waals surface area contributed by atoms with Gasteiger partial charge in [0, 0.05) is 12.4 Å². The third kappa shape index (κ3) is 2.03. The van der Waals surface area contributed by atoms with E-state index in [1.807, 2.05) is 31.1 Å². The van der Waals surface area contributed by atoms with Crippen molar-refractivity contribution in [3.8, 4) is 0 Å². The molecule has 1 aromatic rings. The Hall–Kier alpha value is -0.930. The van der Waals surface area contributed by atoms with Crippen LogP contribution in [-0.4, -0.2) is 35.7 Å². The summed E-state index contributed by atoms with van der Waals surface area (Å²) in [5.74, 6) is 0. The molecule has 0 aliphatic carbocycles. The lowest BCUT2D eigenvalue weighted by atomic mass is 10.1. The Morgan fingerprint density at radius 1 is 1.42 bits per heavy atom. The van der Waals surface area contributed by atoms with E-state index >= 15 is 0 Å². The number of pyridine rings is 1. The third-order valence-electron chi connectivity index (χ3n) is 1.89. The first kappa shape index (κ1) is 9.16. The molecular formula is C9H14N2O. The minimum atomic E-state index is 0.0769. The van der Waals surface area contributed by atoms with Gasteiger partial charge in [-0.3, -0.25) is 4.98 Å². The van der Waals surface area contributed by atoms with E-state index in [-0.39, 0.29) is 12.6 Å². The zero-order chi connectivity index (χ0) is 8.97. The largest absolute Gasteiger partial charge is 0.394 e. The predicted molar refractivity (Wildman–Crippen MR) is 47.8 cm³/mol. The highest BCUT2D eigenvalue weighted by molar-refractivity contribution is 5.14. The van der Waals surface area contributed by atoms with Crippen LogP contribution in [0.4, 0.5) is 0 Å². The van der Waals surface area contributed by atoms with Crippen LogP contribution < -0.4 is 0 Å². The number of aliphatic hydroxyl groups excluding tert-OH is 1. The topological polar surface area (TPSA) is 36.4 Å². The number of rotatable bonds is 3. The molecule has 3 heteroatoms. The SMILES string of the molecule is CN(C)[C@@H](CO)c1ccncc1. The van der Waals surface area contributed by atoms with E-state index in [1.165, 1.54) is 0 Å². The zero-order valence-electron chi connectivity index (χ0n) is 7.44. The van der Waals surface area contributed by atoms with Crippen LogP contribution in [-0.2, 0) is 0 Å². The minimum Gasteiger partial charge on any atom is -0.394 e. The lowest BCUT2D eigenvalue weighted by Gasteiger charge is -2.21. The summed E-state index contributed by atoms with van der Waals surface area (Å²) in [6.07, 6.45) is 3.48. The van der Waals surface area contributed by atoms with Crippen molar-refractivity contribution in [2.45, 2.75) is 6.04 Å². The van der Waals surface area contributed by atoms with E-state index in [0.29, 0.717) is 0 Å². The zero-order valence-corrected chi connectivity index (χ0v) is 7.44. The van der Waals surface area contributed by atoms with Crippen molar-refractivity contribution >= 4 is 0 Å². The molecule has 0 aliphatic rings. The maximum absolute atomic E-state index is 9.09. The monoisotopic (exact) mass is 166 g/mol. The molecule has 1 atom stereocenters. The van der Waals surface area contributed by atoms with Crippen molar-refractivity contribution in [3.63, 3.8) is 0 Å². The van der Waals surface area contributed by atoms with Crippen LogP contribution >= 0.6 is 0 Å². The van der Waals surface area contributed by atoms with Gasteiger partial charge in [-0.05, 0) is 31.8 Å². The maximum Gasteiger partial charge on any atom is 0.0628 e. The fraction of sp³-hybridized carbons (Fsp3) is 0.444. The number of aliphatic hydroxyl groups is 1. The van der Waals surface area contributed by atoms with Crippen LogP contribution in [0.15, 0.2) is 24.5 Å². The van der Waals surface area contributed by atoms with Gasteiger partial charge < -0.3 is 10.0 Å². The third-order valence-corrected chi connectivity index (χ3v) is 1.89. The summed E-state index contributed by atoms with van der Waals surface area (Å²) in [5.41, 5.74) is 1.09. The Bertz CT molecular complexity index is 223. The van der Waals surface area contributed by atoms with Crippen LogP contribution in [0.1, 0.15) is 11.6 Å². The molecule has 12 heavy (non-hydrogen) atoms. The van der Waals surface area contributed by atoms with Gasteiger partial charge in [-0.15, -0.1) is 0 Å². The summed E-state index contributed by atoms with van der Waals surface area (Å²) in [5, 5.41) is 9.09. The lowest BCUT2D eigenvalue weighted by molar-refractivity contribution is 0.171. The minimum absolute atomic E-state index is 0.0769. The first-order valence-corrected chi connectivity index (χ1v) is 3.93. The Morgan fingerprint density at radius 2 is 2.00 bits per heavy atom. The Labute approximate surface area is 72.7 Å². The lowest BCUT2D eigenvalue weighted by Crippen LogP contribution is -2.22. The second-order valence-electron chi connectivity index (χ2n) is 2.94. The van der Waals surface area contributed by atoms with Gasteiger partial charge in [0.1, 0.15) is 0 Å². The van der Waals surface area contributed by atoms with Crippen LogP contribution in [0.5, 0.6) is 0 Å². The Kier molecular flexibility index (Phi) is 3.19.